The third-order valence-electron chi connectivity index (χ3n) is 6.77. The van der Waals surface area contributed by atoms with Crippen LogP contribution in [0.1, 0.15) is 43.0 Å². The lowest BCUT2D eigenvalue weighted by Gasteiger charge is -2.31. The number of nitrogens with zero attached hydrogens (tertiary/aromatic N) is 5. The van der Waals surface area contributed by atoms with E-state index in [-0.39, 0.29) is 29.4 Å². The summed E-state index contributed by atoms with van der Waals surface area (Å²) in [6.07, 6.45) is 4.78. The molecule has 1 aromatic heterocycles. The van der Waals surface area contributed by atoms with Crippen molar-refractivity contribution in [2.24, 2.45) is 0 Å². The van der Waals surface area contributed by atoms with Crippen LogP contribution in [-0.4, -0.2) is 86.0 Å². The molecule has 0 saturated heterocycles. The highest BCUT2D eigenvalue weighted by atomic mass is 19.3. The summed E-state index contributed by atoms with van der Waals surface area (Å²) in [5.74, 6) is -4.16. The molecular formula is C26H35F2N7O3. The molecule has 2 aromatic rings. The van der Waals surface area contributed by atoms with E-state index < -0.39 is 18.4 Å². The van der Waals surface area contributed by atoms with E-state index >= 15 is 0 Å². The number of fused-ring (bicyclic) bond motifs is 1. The summed E-state index contributed by atoms with van der Waals surface area (Å²) in [6, 6.07) is 4.86. The summed E-state index contributed by atoms with van der Waals surface area (Å²) >= 11 is 0. The summed E-state index contributed by atoms with van der Waals surface area (Å²) in [7, 11) is 5.18. The molecule has 12 heteroatoms. The molecule has 1 saturated carbocycles. The van der Waals surface area contributed by atoms with E-state index in [1.807, 2.05) is 25.9 Å². The number of likely N-dealkylation sites (N-methyl/N-ethyl adjacent to an activating group) is 1. The zero-order chi connectivity index (χ0) is 27.4. The Kier molecular flexibility index (Phi) is 8.29. The number of alkyl halides is 2. The van der Waals surface area contributed by atoms with E-state index in [4.69, 9.17) is 4.74 Å². The minimum atomic E-state index is -3.54. The molecule has 2 heterocycles. The van der Waals surface area contributed by atoms with Gasteiger partial charge in [0.1, 0.15) is 11.4 Å². The summed E-state index contributed by atoms with van der Waals surface area (Å²) in [5, 5.41) is 5.98. The summed E-state index contributed by atoms with van der Waals surface area (Å²) in [5.41, 5.74) is 1.20. The molecule has 1 aromatic carbocycles. The van der Waals surface area contributed by atoms with E-state index in [1.165, 1.54) is 13.2 Å². The van der Waals surface area contributed by atoms with Gasteiger partial charge in [-0.3, -0.25) is 9.59 Å². The maximum atomic E-state index is 14.8. The molecule has 1 fully saturated rings. The normalized spacial score (nSPS) is 17.4. The van der Waals surface area contributed by atoms with Gasteiger partial charge in [-0.1, -0.05) is 12.8 Å². The first-order chi connectivity index (χ1) is 18.1. The van der Waals surface area contributed by atoms with Crippen LogP contribution in [0.5, 0.6) is 5.75 Å². The van der Waals surface area contributed by atoms with Crippen LogP contribution in [0.25, 0.3) is 0 Å². The van der Waals surface area contributed by atoms with Crippen LogP contribution >= 0.6 is 0 Å². The Labute approximate surface area is 221 Å². The van der Waals surface area contributed by atoms with E-state index in [0.717, 1.165) is 30.6 Å². The molecule has 0 unspecified atom stereocenters. The Morgan fingerprint density at radius 3 is 2.68 bits per heavy atom. The van der Waals surface area contributed by atoms with Gasteiger partial charge in [-0.05, 0) is 52.1 Å². The van der Waals surface area contributed by atoms with Crippen molar-refractivity contribution >= 4 is 35.0 Å². The largest absolute Gasteiger partial charge is 0.492 e. The Hall–Kier alpha value is -3.54. The summed E-state index contributed by atoms with van der Waals surface area (Å²) in [4.78, 5) is 38.5. The van der Waals surface area contributed by atoms with Crippen LogP contribution in [0.3, 0.4) is 0 Å². The average Bonchev–Trinajstić information content (AvgIpc) is 3.40. The minimum Gasteiger partial charge on any atom is -0.492 e. The number of rotatable bonds is 9. The molecule has 0 atom stereocenters. The number of hydrogen-bond donors (Lipinski definition) is 2. The molecule has 0 radical (unpaired) electrons. The fraction of sp³-hybridized carbons (Fsp3) is 0.538. The van der Waals surface area contributed by atoms with E-state index in [9.17, 15) is 18.4 Å². The lowest BCUT2D eigenvalue weighted by molar-refractivity contribution is -0.140. The van der Waals surface area contributed by atoms with Crippen LogP contribution in [0.2, 0.25) is 0 Å². The Bertz CT molecular complexity index is 1170. The van der Waals surface area contributed by atoms with Gasteiger partial charge < -0.3 is 30.1 Å². The molecular weight excluding hydrogens is 496 g/mol. The second-order valence-electron chi connectivity index (χ2n) is 9.87. The van der Waals surface area contributed by atoms with Crippen molar-refractivity contribution < 1.29 is 23.1 Å². The number of halogens is 2. The van der Waals surface area contributed by atoms with Crippen molar-refractivity contribution in [2.45, 2.75) is 44.6 Å². The maximum absolute atomic E-state index is 14.8. The van der Waals surface area contributed by atoms with Gasteiger partial charge in [0.05, 0.1) is 25.0 Å². The zero-order valence-electron chi connectivity index (χ0n) is 22.3. The Morgan fingerprint density at radius 1 is 1.26 bits per heavy atom. The third-order valence-corrected chi connectivity index (χ3v) is 6.77. The zero-order valence-corrected chi connectivity index (χ0v) is 22.3. The molecule has 1 aliphatic carbocycles. The molecule has 0 spiro atoms. The van der Waals surface area contributed by atoms with Crippen molar-refractivity contribution in [3.05, 3.63) is 30.0 Å². The van der Waals surface area contributed by atoms with Gasteiger partial charge in [-0.25, -0.2) is 4.98 Å². The first kappa shape index (κ1) is 27.5. The molecule has 4 rings (SSSR count). The summed E-state index contributed by atoms with van der Waals surface area (Å²) < 4.78 is 35.4. The molecule has 2 aliphatic rings. The first-order valence-electron chi connectivity index (χ1n) is 12.9. The lowest BCUT2D eigenvalue weighted by Crippen LogP contribution is -2.48. The van der Waals surface area contributed by atoms with Crippen molar-refractivity contribution in [1.82, 2.24) is 20.2 Å². The number of amides is 2. The lowest BCUT2D eigenvalue weighted by atomic mass is 10.1. The van der Waals surface area contributed by atoms with Crippen molar-refractivity contribution in [3.8, 4) is 5.75 Å². The molecule has 10 nitrogen and oxygen atoms in total. The quantitative estimate of drug-likeness (QED) is 0.508. The molecule has 206 valence electrons. The fourth-order valence-electron chi connectivity index (χ4n) is 4.76. The number of nitrogens with one attached hydrogen (secondary N) is 2. The van der Waals surface area contributed by atoms with Crippen LogP contribution in [0.15, 0.2) is 24.4 Å². The van der Waals surface area contributed by atoms with Crippen LogP contribution in [0, 0.1) is 0 Å². The highest BCUT2D eigenvalue weighted by molar-refractivity contribution is 6.02. The van der Waals surface area contributed by atoms with E-state index in [2.05, 4.69) is 20.6 Å². The maximum Gasteiger partial charge on any atom is 0.342 e. The number of ether oxygens (including phenoxy) is 1. The minimum absolute atomic E-state index is 0.133. The molecule has 2 amide bonds. The second kappa shape index (κ2) is 11.5. The van der Waals surface area contributed by atoms with Crippen LogP contribution < -0.4 is 25.2 Å². The fourth-order valence-corrected chi connectivity index (χ4v) is 4.76. The average molecular weight is 532 g/mol. The number of aromatic nitrogens is 2. The standard InChI is InChI=1S/C26H35F2N7O3/c1-5-38-21-14-17(23(36)29-12-13-33(2)3)10-11-19(21)31-25-30-15-20-22(32-25)35(18-8-6-7-9-18)16-26(27,28)24(37)34(20)4/h10-11,14-15,18H,5-9,12-13,16H2,1-4H3,(H,29,36)(H,30,31,32). The third kappa shape index (κ3) is 5.95. The summed E-state index contributed by atoms with van der Waals surface area (Å²) in [6.45, 7) is 2.68. The van der Waals surface area contributed by atoms with Gasteiger partial charge in [-0.2, -0.15) is 13.8 Å². The topological polar surface area (TPSA) is 103 Å². The van der Waals surface area contributed by atoms with E-state index in [0.29, 0.717) is 36.7 Å². The van der Waals surface area contributed by atoms with Gasteiger partial charge in [0.25, 0.3) is 11.8 Å². The Morgan fingerprint density at radius 2 is 2.00 bits per heavy atom. The number of benzene rings is 1. The van der Waals surface area contributed by atoms with Gasteiger partial charge in [-0.15, -0.1) is 0 Å². The number of carbonyl (C=O) groups excluding carboxylic acids is 2. The smallest absolute Gasteiger partial charge is 0.342 e. The molecule has 38 heavy (non-hydrogen) atoms. The Balaban J connectivity index is 1.63. The SMILES string of the molecule is CCOc1cc(C(=O)NCCN(C)C)ccc1Nc1ncc2c(n1)N(C1CCCC1)CC(F)(F)C(=O)N2C. The van der Waals surface area contributed by atoms with Crippen molar-refractivity contribution in [1.29, 1.82) is 0 Å². The molecule has 2 N–H and O–H groups in total. The number of carbonyl (C=O) groups is 2. The first-order valence-corrected chi connectivity index (χ1v) is 12.9. The van der Waals surface area contributed by atoms with Crippen molar-refractivity contribution in [2.75, 3.05) is 62.5 Å². The monoisotopic (exact) mass is 531 g/mol. The van der Waals surface area contributed by atoms with Gasteiger partial charge >= 0.3 is 5.92 Å². The van der Waals surface area contributed by atoms with Gasteiger partial charge in [0.2, 0.25) is 5.95 Å². The van der Waals surface area contributed by atoms with Crippen LogP contribution in [0.4, 0.5) is 31.9 Å². The van der Waals surface area contributed by atoms with Crippen molar-refractivity contribution in [3.63, 3.8) is 0 Å². The highest BCUT2D eigenvalue weighted by Gasteiger charge is 2.48. The van der Waals surface area contributed by atoms with Gasteiger partial charge in [0.15, 0.2) is 5.82 Å². The second-order valence-corrected chi connectivity index (χ2v) is 9.87. The van der Waals surface area contributed by atoms with Gasteiger partial charge in [0, 0.05) is 31.7 Å². The van der Waals surface area contributed by atoms with E-state index in [1.54, 1.807) is 23.1 Å². The predicted octanol–water partition coefficient (Wildman–Crippen LogP) is 3.27. The van der Waals surface area contributed by atoms with Crippen LogP contribution in [-0.2, 0) is 4.79 Å². The highest BCUT2D eigenvalue weighted by Crippen LogP contribution is 2.40. The molecule has 1 aliphatic heterocycles. The molecule has 0 bridgehead atoms. The predicted molar refractivity (Wildman–Crippen MR) is 142 cm³/mol. The number of anilines is 4. The number of hydrogen-bond acceptors (Lipinski definition) is 8.